The highest BCUT2D eigenvalue weighted by atomic mass is 35.5. The monoisotopic (exact) mass is 246 g/mol. The molecular weight excluding hydrogens is 224 g/mol. The van der Waals surface area contributed by atoms with Crippen LogP contribution in [0, 0.1) is 11.3 Å². The fourth-order valence-corrected chi connectivity index (χ4v) is 3.10. The molecule has 0 aromatic carbocycles. The number of carbonyl (C=O) groups is 1. The third-order valence-electron chi connectivity index (χ3n) is 4.03. The summed E-state index contributed by atoms with van der Waals surface area (Å²) in [6.45, 7) is 4.86. The predicted molar refractivity (Wildman–Crippen MR) is 67.8 cm³/mol. The maximum Gasteiger partial charge on any atom is 0.227 e. The van der Waals surface area contributed by atoms with Crippen molar-refractivity contribution in [2.24, 2.45) is 11.3 Å². The van der Waals surface area contributed by atoms with Crippen LogP contribution in [-0.4, -0.2) is 25.5 Å². The zero-order valence-electron chi connectivity index (χ0n) is 10.1. The Kier molecular flexibility index (Phi) is 5.06. The average molecular weight is 247 g/mol. The smallest absolute Gasteiger partial charge is 0.227 e. The van der Waals surface area contributed by atoms with Gasteiger partial charge in [-0.2, -0.15) is 0 Å². The van der Waals surface area contributed by atoms with Crippen molar-refractivity contribution in [1.29, 1.82) is 0 Å². The van der Waals surface area contributed by atoms with Gasteiger partial charge in [0.05, 0.1) is 5.41 Å². The van der Waals surface area contributed by atoms with Gasteiger partial charge in [-0.3, -0.25) is 4.79 Å². The summed E-state index contributed by atoms with van der Waals surface area (Å²) in [5.74, 6) is 0.891. The van der Waals surface area contributed by atoms with Crippen LogP contribution in [0.1, 0.15) is 39.0 Å². The quantitative estimate of drug-likeness (QED) is 0.796. The van der Waals surface area contributed by atoms with Crippen LogP contribution in [0.15, 0.2) is 0 Å². The van der Waals surface area contributed by atoms with Crippen molar-refractivity contribution in [3.8, 4) is 0 Å². The van der Waals surface area contributed by atoms with Crippen molar-refractivity contribution in [3.05, 3.63) is 0 Å². The van der Waals surface area contributed by atoms with Gasteiger partial charge in [-0.05, 0) is 31.7 Å². The minimum absolute atomic E-state index is 0. The maximum atomic E-state index is 12.2. The van der Waals surface area contributed by atoms with E-state index in [1.165, 1.54) is 19.3 Å². The molecule has 1 aliphatic carbocycles. The molecule has 0 aromatic heterocycles. The maximum absolute atomic E-state index is 12.2. The van der Waals surface area contributed by atoms with Gasteiger partial charge in [0.2, 0.25) is 5.91 Å². The van der Waals surface area contributed by atoms with Crippen molar-refractivity contribution in [3.63, 3.8) is 0 Å². The van der Waals surface area contributed by atoms with Crippen LogP contribution in [0.4, 0.5) is 0 Å². The summed E-state index contributed by atoms with van der Waals surface area (Å²) in [4.78, 5) is 12.2. The molecule has 4 heteroatoms. The van der Waals surface area contributed by atoms with E-state index in [2.05, 4.69) is 17.6 Å². The Morgan fingerprint density at radius 2 is 2.31 bits per heavy atom. The fourth-order valence-electron chi connectivity index (χ4n) is 3.10. The van der Waals surface area contributed by atoms with Gasteiger partial charge in [0.15, 0.2) is 0 Å². The molecule has 94 valence electrons. The number of hydrogen-bond donors (Lipinski definition) is 2. The first-order valence-corrected chi connectivity index (χ1v) is 6.28. The summed E-state index contributed by atoms with van der Waals surface area (Å²) in [5.41, 5.74) is -0.0621. The van der Waals surface area contributed by atoms with Gasteiger partial charge in [-0.1, -0.05) is 19.8 Å². The van der Waals surface area contributed by atoms with E-state index < -0.39 is 0 Å². The number of nitrogens with one attached hydrogen (secondary N) is 2. The van der Waals surface area contributed by atoms with E-state index in [0.717, 1.165) is 32.5 Å². The molecule has 16 heavy (non-hydrogen) atoms. The normalized spacial score (nSPS) is 32.7. The van der Waals surface area contributed by atoms with Gasteiger partial charge in [-0.25, -0.2) is 0 Å². The number of amides is 1. The first-order chi connectivity index (χ1) is 7.29. The van der Waals surface area contributed by atoms with Gasteiger partial charge in [0.25, 0.3) is 0 Å². The van der Waals surface area contributed by atoms with Crippen molar-refractivity contribution < 1.29 is 4.79 Å². The standard InChI is InChI=1S/C12H22N2O.ClH/c1-2-7-14-11(15)12-6-4-3-5-10(12)8-13-9-12;/h10,13H,2-9H2,1H3,(H,14,15);1H/t10-,12+;/m0./s1. The Balaban J connectivity index is 0.00000128. The molecular formula is C12H23ClN2O. The molecule has 2 atom stereocenters. The first-order valence-electron chi connectivity index (χ1n) is 6.28. The Morgan fingerprint density at radius 3 is 3.06 bits per heavy atom. The van der Waals surface area contributed by atoms with Crippen molar-refractivity contribution in [2.75, 3.05) is 19.6 Å². The molecule has 1 heterocycles. The lowest BCUT2D eigenvalue weighted by Crippen LogP contribution is -2.47. The average Bonchev–Trinajstić information content (AvgIpc) is 2.70. The molecule has 2 N–H and O–H groups in total. The first kappa shape index (κ1) is 13.8. The van der Waals surface area contributed by atoms with Crippen molar-refractivity contribution in [2.45, 2.75) is 39.0 Å². The van der Waals surface area contributed by atoms with Gasteiger partial charge in [-0.15, -0.1) is 12.4 Å². The zero-order chi connectivity index (χ0) is 10.7. The lowest BCUT2D eigenvalue weighted by Gasteiger charge is -2.37. The van der Waals surface area contributed by atoms with Crippen LogP contribution < -0.4 is 10.6 Å². The van der Waals surface area contributed by atoms with Gasteiger partial charge in [0, 0.05) is 13.1 Å². The Morgan fingerprint density at radius 1 is 1.50 bits per heavy atom. The van der Waals surface area contributed by atoms with Crippen LogP contribution >= 0.6 is 12.4 Å². The Hall–Kier alpha value is -0.280. The molecule has 1 saturated heterocycles. The van der Waals surface area contributed by atoms with E-state index >= 15 is 0 Å². The van der Waals surface area contributed by atoms with E-state index in [0.29, 0.717) is 11.8 Å². The summed E-state index contributed by atoms with van der Waals surface area (Å²) >= 11 is 0. The number of rotatable bonds is 3. The molecule has 0 bridgehead atoms. The predicted octanol–water partition coefficient (Wildman–Crippen LogP) is 1.71. The SMILES string of the molecule is CCCNC(=O)[C@@]12CCCC[C@H]1CNC2.Cl. The highest BCUT2D eigenvalue weighted by Gasteiger charge is 2.49. The summed E-state index contributed by atoms with van der Waals surface area (Å²) in [6.07, 6.45) is 5.86. The van der Waals surface area contributed by atoms with Gasteiger partial charge < -0.3 is 10.6 Å². The minimum Gasteiger partial charge on any atom is -0.356 e. The van der Waals surface area contributed by atoms with Crippen LogP contribution in [0.3, 0.4) is 0 Å². The van der Waals surface area contributed by atoms with Crippen LogP contribution in [-0.2, 0) is 4.79 Å². The molecule has 0 unspecified atom stereocenters. The van der Waals surface area contributed by atoms with Crippen molar-refractivity contribution in [1.82, 2.24) is 10.6 Å². The van der Waals surface area contributed by atoms with E-state index in [9.17, 15) is 4.79 Å². The molecule has 0 aromatic rings. The third-order valence-corrected chi connectivity index (χ3v) is 4.03. The molecule has 1 amide bonds. The van der Waals surface area contributed by atoms with E-state index in [1.807, 2.05) is 0 Å². The lowest BCUT2D eigenvalue weighted by atomic mass is 9.67. The fraction of sp³-hybridized carbons (Fsp3) is 0.917. The molecule has 1 saturated carbocycles. The number of halogens is 1. The van der Waals surface area contributed by atoms with Crippen LogP contribution in [0.5, 0.6) is 0 Å². The number of fused-ring (bicyclic) bond motifs is 1. The second-order valence-corrected chi connectivity index (χ2v) is 4.99. The van der Waals surface area contributed by atoms with Crippen LogP contribution in [0.25, 0.3) is 0 Å². The second kappa shape index (κ2) is 5.87. The van der Waals surface area contributed by atoms with Gasteiger partial charge >= 0.3 is 0 Å². The summed E-state index contributed by atoms with van der Waals surface area (Å²) in [7, 11) is 0. The minimum atomic E-state index is -0.0621. The molecule has 1 aliphatic heterocycles. The van der Waals surface area contributed by atoms with E-state index in [-0.39, 0.29) is 17.8 Å². The van der Waals surface area contributed by atoms with Crippen LogP contribution in [0.2, 0.25) is 0 Å². The topological polar surface area (TPSA) is 41.1 Å². The lowest BCUT2D eigenvalue weighted by molar-refractivity contribution is -0.134. The Labute approximate surface area is 104 Å². The molecule has 0 spiro atoms. The molecule has 3 nitrogen and oxygen atoms in total. The highest BCUT2D eigenvalue weighted by molar-refractivity contribution is 5.85. The van der Waals surface area contributed by atoms with Crippen molar-refractivity contribution >= 4 is 18.3 Å². The van der Waals surface area contributed by atoms with Gasteiger partial charge in [0.1, 0.15) is 0 Å². The highest BCUT2D eigenvalue weighted by Crippen LogP contribution is 2.43. The molecule has 2 fully saturated rings. The molecule has 2 aliphatic rings. The number of hydrogen-bond acceptors (Lipinski definition) is 2. The summed E-state index contributed by atoms with van der Waals surface area (Å²) < 4.78 is 0. The van der Waals surface area contributed by atoms with E-state index in [1.54, 1.807) is 0 Å². The third kappa shape index (κ3) is 2.35. The molecule has 0 radical (unpaired) electrons. The summed E-state index contributed by atoms with van der Waals surface area (Å²) in [6, 6.07) is 0. The molecule has 2 rings (SSSR count). The second-order valence-electron chi connectivity index (χ2n) is 4.99. The largest absolute Gasteiger partial charge is 0.356 e. The van der Waals surface area contributed by atoms with E-state index in [4.69, 9.17) is 0 Å². The number of carbonyl (C=O) groups excluding carboxylic acids is 1. The Bertz CT molecular complexity index is 247. The zero-order valence-corrected chi connectivity index (χ0v) is 10.9. The summed E-state index contributed by atoms with van der Waals surface area (Å²) in [5, 5.41) is 6.49.